The molecule has 0 aliphatic heterocycles. The molecule has 2 aromatic carbocycles. The summed E-state index contributed by atoms with van der Waals surface area (Å²) in [5, 5.41) is 3.72. The van der Waals surface area contributed by atoms with Gasteiger partial charge < -0.3 is 14.8 Å². The van der Waals surface area contributed by atoms with Crippen LogP contribution in [0.25, 0.3) is 21.5 Å². The maximum atomic E-state index is 12.8. The van der Waals surface area contributed by atoms with Gasteiger partial charge in [0, 0.05) is 22.1 Å². The van der Waals surface area contributed by atoms with E-state index in [9.17, 15) is 9.59 Å². The molecule has 0 fully saturated rings. The number of thiophene rings is 1. The number of benzene rings is 2. The van der Waals surface area contributed by atoms with Crippen LogP contribution in [0.5, 0.6) is 5.75 Å². The summed E-state index contributed by atoms with van der Waals surface area (Å²) < 4.78 is 10.9. The van der Waals surface area contributed by atoms with Crippen molar-refractivity contribution >= 4 is 39.0 Å². The molecule has 4 rings (SSSR count). The van der Waals surface area contributed by atoms with E-state index in [4.69, 9.17) is 9.47 Å². The van der Waals surface area contributed by atoms with Gasteiger partial charge in [-0.2, -0.15) is 0 Å². The minimum atomic E-state index is -0.378. The molecule has 4 aromatic rings. The van der Waals surface area contributed by atoms with Crippen LogP contribution in [0.3, 0.4) is 0 Å². The van der Waals surface area contributed by atoms with Crippen LogP contribution in [-0.2, 0) is 4.74 Å². The summed E-state index contributed by atoms with van der Waals surface area (Å²) in [4.78, 5) is 33.9. The van der Waals surface area contributed by atoms with Gasteiger partial charge in [-0.05, 0) is 60.8 Å². The number of amides is 1. The fraction of sp³-hybridized carbons (Fsp3) is 0.130. The number of hydrogen-bond donors (Lipinski definition) is 1. The average Bonchev–Trinajstić information content (AvgIpc) is 3.22. The van der Waals surface area contributed by atoms with Gasteiger partial charge in [-0.25, -0.2) is 14.8 Å². The quantitative estimate of drug-likeness (QED) is 0.458. The minimum absolute atomic E-state index is 0.304. The molecule has 2 heterocycles. The Morgan fingerprint density at radius 1 is 1.03 bits per heavy atom. The van der Waals surface area contributed by atoms with Crippen molar-refractivity contribution < 1.29 is 19.1 Å². The van der Waals surface area contributed by atoms with Crippen LogP contribution in [0.1, 0.15) is 25.7 Å². The standard InChI is InChI=1S/C23H19N3O4S/c1-13-18(12-24-21(25-13)14-4-7-17(29-2)8-5-14)22(27)26-16-6-9-19-15(10-16)11-20(31-19)23(28)30-3/h4-12H,1-3H3,(H,26,27). The number of ether oxygens (including phenoxy) is 2. The number of fused-ring (bicyclic) bond motifs is 1. The first-order chi connectivity index (χ1) is 15.0. The van der Waals surface area contributed by atoms with E-state index in [0.29, 0.717) is 27.6 Å². The van der Waals surface area contributed by atoms with Crippen LogP contribution >= 0.6 is 11.3 Å². The molecule has 0 radical (unpaired) electrons. The Labute approximate surface area is 182 Å². The normalized spacial score (nSPS) is 10.7. The number of anilines is 1. The van der Waals surface area contributed by atoms with E-state index in [1.807, 2.05) is 36.4 Å². The zero-order chi connectivity index (χ0) is 22.0. The molecule has 156 valence electrons. The van der Waals surface area contributed by atoms with Crippen molar-refractivity contribution in [3.05, 3.63) is 70.9 Å². The second-order valence-corrected chi connectivity index (χ2v) is 7.81. The number of esters is 1. The lowest BCUT2D eigenvalue weighted by molar-refractivity contribution is 0.0606. The number of carbonyl (C=O) groups is 2. The van der Waals surface area contributed by atoms with Crippen LogP contribution in [0.15, 0.2) is 54.7 Å². The van der Waals surface area contributed by atoms with Crippen LogP contribution < -0.4 is 10.1 Å². The van der Waals surface area contributed by atoms with Crippen molar-refractivity contribution in [2.75, 3.05) is 19.5 Å². The summed E-state index contributed by atoms with van der Waals surface area (Å²) in [6.07, 6.45) is 1.52. The van der Waals surface area contributed by atoms with E-state index in [0.717, 1.165) is 21.4 Å². The number of carbonyl (C=O) groups excluding carboxylic acids is 2. The molecule has 0 unspecified atom stereocenters. The lowest BCUT2D eigenvalue weighted by Gasteiger charge is -2.09. The Morgan fingerprint density at radius 2 is 1.81 bits per heavy atom. The van der Waals surface area contributed by atoms with Gasteiger partial charge in [0.1, 0.15) is 10.6 Å². The van der Waals surface area contributed by atoms with E-state index >= 15 is 0 Å². The fourth-order valence-electron chi connectivity index (χ4n) is 3.09. The van der Waals surface area contributed by atoms with Gasteiger partial charge in [-0.1, -0.05) is 0 Å². The Bertz CT molecular complexity index is 1280. The second-order valence-electron chi connectivity index (χ2n) is 6.73. The molecule has 31 heavy (non-hydrogen) atoms. The van der Waals surface area contributed by atoms with E-state index in [2.05, 4.69) is 15.3 Å². The summed E-state index contributed by atoms with van der Waals surface area (Å²) in [5.41, 5.74) is 2.41. The number of nitrogens with zero attached hydrogens (tertiary/aromatic N) is 2. The molecule has 0 aliphatic carbocycles. The van der Waals surface area contributed by atoms with Crippen molar-refractivity contribution in [3.8, 4) is 17.1 Å². The number of aromatic nitrogens is 2. The van der Waals surface area contributed by atoms with Gasteiger partial charge in [-0.3, -0.25) is 4.79 Å². The summed E-state index contributed by atoms with van der Waals surface area (Å²) in [5.74, 6) is 0.600. The molecular formula is C23H19N3O4S. The molecule has 7 nitrogen and oxygen atoms in total. The van der Waals surface area contributed by atoms with E-state index < -0.39 is 0 Å². The summed E-state index contributed by atoms with van der Waals surface area (Å²) >= 11 is 1.34. The Balaban J connectivity index is 1.54. The summed E-state index contributed by atoms with van der Waals surface area (Å²) in [6, 6.07) is 14.6. The molecule has 0 aliphatic rings. The van der Waals surface area contributed by atoms with Crippen LogP contribution in [-0.4, -0.2) is 36.1 Å². The highest BCUT2D eigenvalue weighted by Crippen LogP contribution is 2.29. The van der Waals surface area contributed by atoms with Gasteiger partial charge >= 0.3 is 5.97 Å². The topological polar surface area (TPSA) is 90.4 Å². The molecule has 0 atom stereocenters. The Kier molecular flexibility index (Phi) is 5.64. The zero-order valence-electron chi connectivity index (χ0n) is 17.1. The van der Waals surface area contributed by atoms with Crippen molar-refractivity contribution in [1.29, 1.82) is 0 Å². The Morgan fingerprint density at radius 3 is 2.48 bits per heavy atom. The number of rotatable bonds is 5. The number of hydrogen-bond acceptors (Lipinski definition) is 7. The monoisotopic (exact) mass is 433 g/mol. The van der Waals surface area contributed by atoms with Gasteiger partial charge in [0.05, 0.1) is 25.5 Å². The molecule has 2 aromatic heterocycles. The highest BCUT2D eigenvalue weighted by Gasteiger charge is 2.15. The smallest absolute Gasteiger partial charge is 0.348 e. The van der Waals surface area contributed by atoms with Crippen LogP contribution in [0, 0.1) is 6.92 Å². The highest BCUT2D eigenvalue weighted by molar-refractivity contribution is 7.20. The maximum absolute atomic E-state index is 12.8. The van der Waals surface area contributed by atoms with E-state index in [1.54, 1.807) is 26.2 Å². The third-order valence-corrected chi connectivity index (χ3v) is 5.83. The molecule has 0 saturated heterocycles. The number of aryl methyl sites for hydroxylation is 1. The SMILES string of the molecule is COC(=O)c1cc2cc(NC(=O)c3cnc(-c4ccc(OC)cc4)nc3C)ccc2s1. The third-order valence-electron chi connectivity index (χ3n) is 4.73. The van der Waals surface area contributed by atoms with Gasteiger partial charge in [0.15, 0.2) is 5.82 Å². The lowest BCUT2D eigenvalue weighted by atomic mass is 10.1. The first kappa shape index (κ1) is 20.5. The molecule has 0 bridgehead atoms. The predicted molar refractivity (Wildman–Crippen MR) is 120 cm³/mol. The molecule has 0 saturated carbocycles. The second kappa shape index (κ2) is 8.53. The molecule has 0 spiro atoms. The third kappa shape index (κ3) is 4.24. The minimum Gasteiger partial charge on any atom is -0.497 e. The van der Waals surface area contributed by atoms with Crippen molar-refractivity contribution in [2.45, 2.75) is 6.92 Å². The van der Waals surface area contributed by atoms with Gasteiger partial charge in [0.25, 0.3) is 5.91 Å². The Hall–Kier alpha value is -3.78. The summed E-state index contributed by atoms with van der Waals surface area (Å²) in [6.45, 7) is 1.77. The summed E-state index contributed by atoms with van der Waals surface area (Å²) in [7, 11) is 2.96. The molecular weight excluding hydrogens is 414 g/mol. The fourth-order valence-corrected chi connectivity index (χ4v) is 4.05. The van der Waals surface area contributed by atoms with E-state index in [1.165, 1.54) is 24.6 Å². The average molecular weight is 433 g/mol. The van der Waals surface area contributed by atoms with Gasteiger partial charge in [0.2, 0.25) is 0 Å². The molecule has 1 amide bonds. The van der Waals surface area contributed by atoms with Crippen molar-refractivity contribution in [3.63, 3.8) is 0 Å². The number of nitrogens with one attached hydrogen (secondary N) is 1. The van der Waals surface area contributed by atoms with E-state index in [-0.39, 0.29) is 11.9 Å². The van der Waals surface area contributed by atoms with Crippen molar-refractivity contribution in [1.82, 2.24) is 9.97 Å². The first-order valence-corrected chi connectivity index (χ1v) is 10.2. The maximum Gasteiger partial charge on any atom is 0.348 e. The molecule has 1 N–H and O–H groups in total. The van der Waals surface area contributed by atoms with Crippen LogP contribution in [0.2, 0.25) is 0 Å². The van der Waals surface area contributed by atoms with Gasteiger partial charge in [-0.15, -0.1) is 11.3 Å². The first-order valence-electron chi connectivity index (χ1n) is 9.40. The lowest BCUT2D eigenvalue weighted by Crippen LogP contribution is -2.15. The highest BCUT2D eigenvalue weighted by atomic mass is 32.1. The largest absolute Gasteiger partial charge is 0.497 e. The van der Waals surface area contributed by atoms with Crippen LogP contribution in [0.4, 0.5) is 5.69 Å². The number of methoxy groups -OCH3 is 2. The molecule has 8 heteroatoms. The zero-order valence-corrected chi connectivity index (χ0v) is 17.9. The predicted octanol–water partition coefficient (Wildman–Crippen LogP) is 4.71. The van der Waals surface area contributed by atoms with Crippen molar-refractivity contribution in [2.24, 2.45) is 0 Å².